The zero-order valence-corrected chi connectivity index (χ0v) is 15.7. The molecule has 6 nitrogen and oxygen atoms in total. The van der Waals surface area contributed by atoms with Gasteiger partial charge < -0.3 is 19.5 Å². The van der Waals surface area contributed by atoms with Crippen LogP contribution < -0.4 is 14.8 Å². The lowest BCUT2D eigenvalue weighted by molar-refractivity contribution is -0.142. The highest BCUT2D eigenvalue weighted by Gasteiger charge is 2.07. The normalized spacial score (nSPS) is 10.5. The van der Waals surface area contributed by atoms with Crippen LogP contribution in [-0.2, 0) is 20.7 Å². The Balaban J connectivity index is 1.88. The van der Waals surface area contributed by atoms with Crippen molar-refractivity contribution in [2.24, 2.45) is 0 Å². The number of carbonyl (C=O) groups is 2. The highest BCUT2D eigenvalue weighted by molar-refractivity contribution is 5.94. The minimum atomic E-state index is -0.628. The number of amides is 1. The van der Waals surface area contributed by atoms with E-state index in [0.717, 1.165) is 6.42 Å². The van der Waals surface area contributed by atoms with Gasteiger partial charge in [0.15, 0.2) is 6.61 Å². The molecule has 0 unspecified atom stereocenters. The summed E-state index contributed by atoms with van der Waals surface area (Å²) in [5, 5.41) is 2.68. The van der Waals surface area contributed by atoms with Gasteiger partial charge in [-0.2, -0.15) is 0 Å². The fourth-order valence-electron chi connectivity index (χ4n) is 2.33. The first-order chi connectivity index (χ1) is 13.0. The van der Waals surface area contributed by atoms with Gasteiger partial charge in [0.25, 0.3) is 5.91 Å². The fourth-order valence-corrected chi connectivity index (χ4v) is 2.33. The lowest BCUT2D eigenvalue weighted by atomic mass is 10.1. The molecule has 1 amide bonds. The van der Waals surface area contributed by atoms with Crippen molar-refractivity contribution in [2.45, 2.75) is 13.3 Å². The SMILES string of the molecule is CCc1ccc(NC(=O)COC(=O)/C=C/c2cc(OC)ccc2OC)cc1. The van der Waals surface area contributed by atoms with Crippen LogP contribution in [0.2, 0.25) is 0 Å². The largest absolute Gasteiger partial charge is 0.497 e. The molecule has 27 heavy (non-hydrogen) atoms. The minimum Gasteiger partial charge on any atom is -0.497 e. The average molecular weight is 369 g/mol. The maximum Gasteiger partial charge on any atom is 0.331 e. The Bertz CT molecular complexity index is 812. The summed E-state index contributed by atoms with van der Waals surface area (Å²) in [6, 6.07) is 12.7. The second-order valence-corrected chi connectivity index (χ2v) is 5.65. The molecule has 1 N–H and O–H groups in total. The van der Waals surface area contributed by atoms with Gasteiger partial charge >= 0.3 is 5.97 Å². The molecule has 0 heterocycles. The molecule has 0 aliphatic heterocycles. The van der Waals surface area contributed by atoms with Crippen molar-refractivity contribution in [3.63, 3.8) is 0 Å². The van der Waals surface area contributed by atoms with E-state index in [-0.39, 0.29) is 6.61 Å². The Morgan fingerprint density at radius 1 is 1.04 bits per heavy atom. The second kappa shape index (κ2) is 10.0. The van der Waals surface area contributed by atoms with Crippen molar-refractivity contribution in [3.8, 4) is 11.5 Å². The summed E-state index contributed by atoms with van der Waals surface area (Å²) in [4.78, 5) is 23.7. The van der Waals surface area contributed by atoms with E-state index < -0.39 is 11.9 Å². The van der Waals surface area contributed by atoms with Gasteiger partial charge in [-0.3, -0.25) is 4.79 Å². The Kier molecular flexibility index (Phi) is 7.43. The van der Waals surface area contributed by atoms with E-state index in [9.17, 15) is 9.59 Å². The van der Waals surface area contributed by atoms with Crippen LogP contribution in [0.4, 0.5) is 5.69 Å². The first-order valence-corrected chi connectivity index (χ1v) is 8.51. The van der Waals surface area contributed by atoms with Gasteiger partial charge in [-0.1, -0.05) is 19.1 Å². The Morgan fingerprint density at radius 3 is 2.41 bits per heavy atom. The molecule has 0 fully saturated rings. The molecule has 0 aromatic heterocycles. The first-order valence-electron chi connectivity index (χ1n) is 8.51. The number of benzene rings is 2. The summed E-state index contributed by atoms with van der Waals surface area (Å²) >= 11 is 0. The molecule has 2 aromatic carbocycles. The van der Waals surface area contributed by atoms with Crippen molar-refractivity contribution in [3.05, 3.63) is 59.7 Å². The molecule has 0 aliphatic carbocycles. The molecule has 0 bridgehead atoms. The topological polar surface area (TPSA) is 73.9 Å². The minimum absolute atomic E-state index is 0.367. The molecule has 0 spiro atoms. The number of nitrogens with one attached hydrogen (secondary N) is 1. The highest BCUT2D eigenvalue weighted by atomic mass is 16.5. The molecule has 2 rings (SSSR count). The van der Waals surface area contributed by atoms with Gasteiger partial charge in [0.2, 0.25) is 0 Å². The average Bonchev–Trinajstić information content (AvgIpc) is 2.71. The Hall–Kier alpha value is -3.28. The molecule has 2 aromatic rings. The molecular formula is C21H23NO5. The number of hydrogen-bond acceptors (Lipinski definition) is 5. The molecule has 0 atom stereocenters. The van der Waals surface area contributed by atoms with E-state index in [4.69, 9.17) is 14.2 Å². The van der Waals surface area contributed by atoms with Crippen molar-refractivity contribution >= 4 is 23.6 Å². The third-order valence-electron chi connectivity index (χ3n) is 3.83. The smallest absolute Gasteiger partial charge is 0.331 e. The number of rotatable bonds is 8. The van der Waals surface area contributed by atoms with E-state index in [1.54, 1.807) is 31.4 Å². The van der Waals surface area contributed by atoms with Gasteiger partial charge in [-0.05, 0) is 48.4 Å². The molecule has 0 aliphatic rings. The third kappa shape index (κ3) is 6.18. The van der Waals surface area contributed by atoms with Crippen molar-refractivity contribution in [1.29, 1.82) is 0 Å². The number of ether oxygens (including phenoxy) is 3. The summed E-state index contributed by atoms with van der Waals surface area (Å²) in [7, 11) is 3.09. The maximum atomic E-state index is 11.9. The molecule has 0 saturated carbocycles. The van der Waals surface area contributed by atoms with Gasteiger partial charge in [0.1, 0.15) is 11.5 Å². The number of aryl methyl sites for hydroxylation is 1. The van der Waals surface area contributed by atoms with Crippen LogP contribution in [0, 0.1) is 0 Å². The Morgan fingerprint density at radius 2 is 1.78 bits per heavy atom. The molecule has 0 saturated heterocycles. The van der Waals surface area contributed by atoms with Crippen molar-refractivity contribution < 1.29 is 23.8 Å². The predicted octanol–water partition coefficient (Wildman–Crippen LogP) is 3.46. The maximum absolute atomic E-state index is 11.9. The summed E-state index contributed by atoms with van der Waals surface area (Å²) in [6.07, 6.45) is 3.71. The molecular weight excluding hydrogens is 346 g/mol. The summed E-state index contributed by atoms with van der Waals surface area (Å²) in [6.45, 7) is 1.69. The van der Waals surface area contributed by atoms with Crippen molar-refractivity contribution in [1.82, 2.24) is 0 Å². The molecule has 6 heteroatoms. The van der Waals surface area contributed by atoms with Gasteiger partial charge in [-0.15, -0.1) is 0 Å². The molecule has 142 valence electrons. The van der Waals surface area contributed by atoms with Crippen molar-refractivity contribution in [2.75, 3.05) is 26.1 Å². The van der Waals surface area contributed by atoms with E-state index in [0.29, 0.717) is 22.7 Å². The lowest BCUT2D eigenvalue weighted by Gasteiger charge is -2.07. The van der Waals surface area contributed by atoms with Crippen LogP contribution in [0.5, 0.6) is 11.5 Å². The fraction of sp³-hybridized carbons (Fsp3) is 0.238. The number of hydrogen-bond donors (Lipinski definition) is 1. The van der Waals surface area contributed by atoms with E-state index in [1.807, 2.05) is 24.3 Å². The standard InChI is InChI=1S/C21H23NO5/c1-4-15-5-8-17(9-6-15)22-20(23)14-27-21(24)12-7-16-13-18(25-2)10-11-19(16)26-3/h5-13H,4,14H2,1-3H3,(H,22,23)/b12-7+. The van der Waals surface area contributed by atoms with E-state index in [2.05, 4.69) is 12.2 Å². The van der Waals surface area contributed by atoms with Gasteiger partial charge in [-0.25, -0.2) is 4.79 Å². The first kappa shape index (κ1) is 20.0. The highest BCUT2D eigenvalue weighted by Crippen LogP contribution is 2.25. The van der Waals surface area contributed by atoms with E-state index >= 15 is 0 Å². The Labute approximate surface area is 158 Å². The second-order valence-electron chi connectivity index (χ2n) is 5.65. The number of esters is 1. The number of anilines is 1. The quantitative estimate of drug-likeness (QED) is 0.570. The molecule has 0 radical (unpaired) electrons. The number of carbonyl (C=O) groups excluding carboxylic acids is 2. The van der Waals surface area contributed by atoms with Gasteiger partial charge in [0, 0.05) is 17.3 Å². The van der Waals surface area contributed by atoms with Gasteiger partial charge in [0.05, 0.1) is 14.2 Å². The summed E-state index contributed by atoms with van der Waals surface area (Å²) in [5.41, 5.74) is 2.50. The lowest BCUT2D eigenvalue weighted by Crippen LogP contribution is -2.20. The van der Waals surface area contributed by atoms with Crippen LogP contribution >= 0.6 is 0 Å². The zero-order valence-electron chi connectivity index (χ0n) is 15.7. The zero-order chi connectivity index (χ0) is 19.6. The third-order valence-corrected chi connectivity index (χ3v) is 3.83. The number of methoxy groups -OCH3 is 2. The van der Waals surface area contributed by atoms with Crippen LogP contribution in [0.1, 0.15) is 18.1 Å². The van der Waals surface area contributed by atoms with Crippen LogP contribution in [0.3, 0.4) is 0 Å². The van der Waals surface area contributed by atoms with E-state index in [1.165, 1.54) is 18.7 Å². The van der Waals surface area contributed by atoms with Crippen LogP contribution in [0.15, 0.2) is 48.5 Å². The predicted molar refractivity (Wildman–Crippen MR) is 104 cm³/mol. The summed E-state index contributed by atoms with van der Waals surface area (Å²) < 4.78 is 15.4. The van der Waals surface area contributed by atoms with Crippen LogP contribution in [0.25, 0.3) is 6.08 Å². The van der Waals surface area contributed by atoms with Crippen LogP contribution in [-0.4, -0.2) is 32.7 Å². The monoisotopic (exact) mass is 369 g/mol. The summed E-state index contributed by atoms with van der Waals surface area (Å²) in [5.74, 6) is 0.196.